The van der Waals surface area contributed by atoms with E-state index in [1.807, 2.05) is 38.1 Å². The Kier molecular flexibility index (Phi) is 6.33. The van der Waals surface area contributed by atoms with E-state index in [0.717, 1.165) is 11.1 Å². The summed E-state index contributed by atoms with van der Waals surface area (Å²) in [7, 11) is -3.75. The average Bonchev–Trinajstić information content (AvgIpc) is 2.55. The number of esters is 1. The van der Waals surface area contributed by atoms with Gasteiger partial charge in [-0.2, -0.15) is 0 Å². The summed E-state index contributed by atoms with van der Waals surface area (Å²) in [5, 5.41) is 0. The molecule has 0 aliphatic rings. The predicted octanol–water partition coefficient (Wildman–Crippen LogP) is 3.28. The van der Waals surface area contributed by atoms with Crippen molar-refractivity contribution in [3.8, 4) is 0 Å². The van der Waals surface area contributed by atoms with Crippen molar-refractivity contribution in [2.45, 2.75) is 38.1 Å². The van der Waals surface area contributed by atoms with Gasteiger partial charge in [0.05, 0.1) is 24.0 Å². The van der Waals surface area contributed by atoms with Gasteiger partial charge < -0.3 is 4.74 Å². The summed E-state index contributed by atoms with van der Waals surface area (Å²) in [6.45, 7) is 5.81. The van der Waals surface area contributed by atoms with Crippen LogP contribution < -0.4 is 4.72 Å². The van der Waals surface area contributed by atoms with Gasteiger partial charge >= 0.3 is 5.97 Å². The molecule has 1 unspecified atom stereocenters. The van der Waals surface area contributed by atoms with Crippen LogP contribution in [0.15, 0.2) is 53.4 Å². The van der Waals surface area contributed by atoms with Gasteiger partial charge in [0, 0.05) is 0 Å². The molecule has 0 heterocycles. The van der Waals surface area contributed by atoms with Gasteiger partial charge in [0.1, 0.15) is 0 Å². The third kappa shape index (κ3) is 5.41. The minimum absolute atomic E-state index is 0.0675. The number of rotatable bonds is 7. The highest BCUT2D eigenvalue weighted by Gasteiger charge is 2.24. The number of sulfonamides is 1. The molecule has 0 aliphatic carbocycles. The first-order chi connectivity index (χ1) is 11.8. The molecule has 1 atom stereocenters. The van der Waals surface area contributed by atoms with E-state index >= 15 is 0 Å². The van der Waals surface area contributed by atoms with Gasteiger partial charge in [0.2, 0.25) is 10.0 Å². The number of carbonyl (C=O) groups is 1. The highest BCUT2D eigenvalue weighted by molar-refractivity contribution is 7.89. The zero-order valence-electron chi connectivity index (χ0n) is 14.7. The summed E-state index contributed by atoms with van der Waals surface area (Å²) in [5.41, 5.74) is 2.75. The number of carbonyl (C=O) groups excluding carboxylic acids is 1. The van der Waals surface area contributed by atoms with E-state index in [9.17, 15) is 13.2 Å². The quantitative estimate of drug-likeness (QED) is 0.768. The molecule has 0 radical (unpaired) electrons. The Morgan fingerprint density at radius 2 is 1.52 bits per heavy atom. The normalized spacial score (nSPS) is 12.6. The highest BCUT2D eigenvalue weighted by Crippen LogP contribution is 2.22. The molecular weight excluding hydrogens is 338 g/mol. The molecule has 2 rings (SSSR count). The second kappa shape index (κ2) is 8.27. The van der Waals surface area contributed by atoms with Crippen LogP contribution in [0.3, 0.4) is 0 Å². The predicted molar refractivity (Wildman–Crippen MR) is 96.7 cm³/mol. The van der Waals surface area contributed by atoms with E-state index < -0.39 is 22.0 Å². The lowest BCUT2D eigenvalue weighted by molar-refractivity contribution is -0.143. The van der Waals surface area contributed by atoms with Crippen LogP contribution in [0.1, 0.15) is 36.1 Å². The van der Waals surface area contributed by atoms with Gasteiger partial charge in [-0.3, -0.25) is 4.79 Å². The lowest BCUT2D eigenvalue weighted by atomic mass is 10.0. The van der Waals surface area contributed by atoms with Crippen molar-refractivity contribution in [1.29, 1.82) is 0 Å². The van der Waals surface area contributed by atoms with Crippen LogP contribution in [0.25, 0.3) is 0 Å². The molecule has 0 aromatic heterocycles. The van der Waals surface area contributed by atoms with Crippen molar-refractivity contribution >= 4 is 16.0 Å². The van der Waals surface area contributed by atoms with Crippen LogP contribution in [-0.2, 0) is 19.6 Å². The maximum atomic E-state index is 12.7. The maximum Gasteiger partial charge on any atom is 0.307 e. The summed E-state index contributed by atoms with van der Waals surface area (Å²) < 4.78 is 32.9. The van der Waals surface area contributed by atoms with Gasteiger partial charge in [-0.15, -0.1) is 0 Å². The zero-order chi connectivity index (χ0) is 18.4. The molecule has 0 fully saturated rings. The van der Waals surface area contributed by atoms with E-state index in [-0.39, 0.29) is 17.9 Å². The Morgan fingerprint density at radius 3 is 2.04 bits per heavy atom. The molecular formula is C19H23NO4S. The van der Waals surface area contributed by atoms with Crippen molar-refractivity contribution in [2.24, 2.45) is 0 Å². The molecule has 5 nitrogen and oxygen atoms in total. The van der Waals surface area contributed by atoms with Crippen molar-refractivity contribution < 1.29 is 17.9 Å². The van der Waals surface area contributed by atoms with Gasteiger partial charge in [-0.25, -0.2) is 13.1 Å². The Labute approximate surface area is 149 Å². The summed E-state index contributed by atoms with van der Waals surface area (Å²) in [4.78, 5) is 12.1. The van der Waals surface area contributed by atoms with E-state index in [1.54, 1.807) is 31.2 Å². The van der Waals surface area contributed by atoms with Gasteiger partial charge in [-0.1, -0.05) is 47.5 Å². The standard InChI is InChI=1S/C19H23NO4S/c1-4-24-19(21)13-18(16-9-5-14(2)6-10-16)20-25(22,23)17-11-7-15(3)8-12-17/h5-12,18,20H,4,13H2,1-3H3. The SMILES string of the molecule is CCOC(=O)CC(NS(=O)(=O)c1ccc(C)cc1)c1ccc(C)cc1. The van der Waals surface area contributed by atoms with E-state index in [2.05, 4.69) is 4.72 Å². The average molecular weight is 361 g/mol. The van der Waals surface area contributed by atoms with Crippen LogP contribution >= 0.6 is 0 Å². The monoisotopic (exact) mass is 361 g/mol. The fraction of sp³-hybridized carbons (Fsp3) is 0.316. The molecule has 134 valence electrons. The lowest BCUT2D eigenvalue weighted by Gasteiger charge is -2.19. The summed E-state index contributed by atoms with van der Waals surface area (Å²) in [6.07, 6.45) is -0.0675. The zero-order valence-corrected chi connectivity index (χ0v) is 15.5. The second-order valence-electron chi connectivity index (χ2n) is 5.91. The third-order valence-electron chi connectivity index (χ3n) is 3.78. The summed E-state index contributed by atoms with van der Waals surface area (Å²) in [5.74, 6) is -0.445. The Balaban J connectivity index is 2.29. The molecule has 6 heteroatoms. The number of nitrogens with one attached hydrogen (secondary N) is 1. The number of hydrogen-bond donors (Lipinski definition) is 1. The first kappa shape index (κ1) is 19.1. The second-order valence-corrected chi connectivity index (χ2v) is 7.62. The molecule has 0 amide bonds. The Hall–Kier alpha value is -2.18. The maximum absolute atomic E-state index is 12.7. The smallest absolute Gasteiger partial charge is 0.307 e. The molecule has 2 aromatic carbocycles. The van der Waals surface area contributed by atoms with E-state index in [1.165, 1.54) is 0 Å². The summed E-state index contributed by atoms with van der Waals surface area (Å²) >= 11 is 0. The molecule has 1 N–H and O–H groups in total. The fourth-order valence-corrected chi connectivity index (χ4v) is 3.61. The van der Waals surface area contributed by atoms with Crippen LogP contribution in [0.5, 0.6) is 0 Å². The van der Waals surface area contributed by atoms with E-state index in [4.69, 9.17) is 4.74 Å². The number of benzene rings is 2. The van der Waals surface area contributed by atoms with Crippen LogP contribution in [-0.4, -0.2) is 21.0 Å². The number of ether oxygens (including phenoxy) is 1. The third-order valence-corrected chi connectivity index (χ3v) is 5.27. The van der Waals surface area contributed by atoms with Crippen LogP contribution in [0.2, 0.25) is 0 Å². The van der Waals surface area contributed by atoms with Crippen molar-refractivity contribution in [2.75, 3.05) is 6.61 Å². The van der Waals surface area contributed by atoms with Crippen LogP contribution in [0, 0.1) is 13.8 Å². The van der Waals surface area contributed by atoms with Gasteiger partial charge in [0.25, 0.3) is 0 Å². The first-order valence-electron chi connectivity index (χ1n) is 8.13. The van der Waals surface area contributed by atoms with Gasteiger partial charge in [-0.05, 0) is 38.5 Å². The fourth-order valence-electron chi connectivity index (χ4n) is 2.39. The molecule has 0 aliphatic heterocycles. The number of hydrogen-bond acceptors (Lipinski definition) is 4. The molecule has 0 bridgehead atoms. The molecule has 0 saturated carbocycles. The molecule has 0 spiro atoms. The van der Waals surface area contributed by atoms with E-state index in [0.29, 0.717) is 5.56 Å². The van der Waals surface area contributed by atoms with Crippen LogP contribution in [0.4, 0.5) is 0 Å². The van der Waals surface area contributed by atoms with Crippen molar-refractivity contribution in [3.05, 3.63) is 65.2 Å². The molecule has 0 saturated heterocycles. The number of aryl methyl sites for hydroxylation is 2. The Bertz CT molecular complexity index is 812. The minimum Gasteiger partial charge on any atom is -0.466 e. The molecule has 25 heavy (non-hydrogen) atoms. The molecule has 2 aromatic rings. The minimum atomic E-state index is -3.75. The van der Waals surface area contributed by atoms with Crippen molar-refractivity contribution in [3.63, 3.8) is 0 Å². The Morgan fingerprint density at radius 1 is 1.00 bits per heavy atom. The largest absolute Gasteiger partial charge is 0.466 e. The summed E-state index contributed by atoms with van der Waals surface area (Å²) in [6, 6.07) is 13.3. The first-order valence-corrected chi connectivity index (χ1v) is 9.61. The topological polar surface area (TPSA) is 72.5 Å². The highest BCUT2D eigenvalue weighted by atomic mass is 32.2. The van der Waals surface area contributed by atoms with Gasteiger partial charge in [0.15, 0.2) is 0 Å². The van der Waals surface area contributed by atoms with Crippen molar-refractivity contribution in [1.82, 2.24) is 4.72 Å². The lowest BCUT2D eigenvalue weighted by Crippen LogP contribution is -2.30.